The molecule has 1 unspecified atom stereocenters. The summed E-state index contributed by atoms with van der Waals surface area (Å²) >= 11 is 0.785. The number of amides is 4. The van der Waals surface area contributed by atoms with Gasteiger partial charge in [-0.1, -0.05) is 0 Å². The highest BCUT2D eigenvalue weighted by Crippen LogP contribution is 2.31. The van der Waals surface area contributed by atoms with Crippen molar-refractivity contribution in [2.75, 3.05) is 7.11 Å². The van der Waals surface area contributed by atoms with Gasteiger partial charge in [0.1, 0.15) is 12.1 Å². The molecule has 88 valence electrons. The molecule has 0 spiro atoms. The van der Waals surface area contributed by atoms with E-state index in [1.165, 1.54) is 13.4 Å². The van der Waals surface area contributed by atoms with Crippen LogP contribution < -0.4 is 4.72 Å². The van der Waals surface area contributed by atoms with E-state index in [1.54, 1.807) is 13.0 Å². The first-order chi connectivity index (χ1) is 7.58. The van der Waals surface area contributed by atoms with Gasteiger partial charge in [0.15, 0.2) is 5.72 Å². The van der Waals surface area contributed by atoms with Gasteiger partial charge >= 0.3 is 12.1 Å². The van der Waals surface area contributed by atoms with Gasteiger partial charge in [-0.25, -0.2) is 14.5 Å². The minimum atomic E-state index is -0.987. The van der Waals surface area contributed by atoms with Crippen LogP contribution in [0.1, 0.15) is 13.3 Å². The molecule has 2 rings (SSSR count). The van der Waals surface area contributed by atoms with E-state index in [0.29, 0.717) is 6.42 Å². The summed E-state index contributed by atoms with van der Waals surface area (Å²) in [4.78, 5) is 29.3. The lowest BCUT2D eigenvalue weighted by Crippen LogP contribution is -2.61. The smallest absolute Gasteiger partial charge is 0.367 e. The molecule has 1 atom stereocenters. The summed E-state index contributed by atoms with van der Waals surface area (Å²) in [5, 5.41) is 0. The molecule has 2 aliphatic rings. The lowest BCUT2D eigenvalue weighted by molar-refractivity contribution is -0.0731. The largest absolute Gasteiger partial charge is 0.475 e. The molecular formula is C8H11N3O4S. The number of imide groups is 1. The minimum Gasteiger partial charge on any atom is -0.475 e. The van der Waals surface area contributed by atoms with Gasteiger partial charge in [-0.2, -0.15) is 0 Å². The third-order valence-corrected chi connectivity index (χ3v) is 3.06. The van der Waals surface area contributed by atoms with Crippen molar-refractivity contribution in [3.8, 4) is 0 Å². The van der Waals surface area contributed by atoms with E-state index in [1.807, 2.05) is 0 Å². The summed E-state index contributed by atoms with van der Waals surface area (Å²) in [5.74, 6) is 0. The van der Waals surface area contributed by atoms with Crippen molar-refractivity contribution in [2.45, 2.75) is 19.1 Å². The Morgan fingerprint density at radius 3 is 2.94 bits per heavy atom. The minimum absolute atomic E-state index is 0.453. The van der Waals surface area contributed by atoms with Crippen LogP contribution in [0.2, 0.25) is 0 Å². The highest BCUT2D eigenvalue weighted by molar-refractivity contribution is 7.96. The van der Waals surface area contributed by atoms with Gasteiger partial charge in [0.05, 0.1) is 13.4 Å². The average Bonchev–Trinajstić information content (AvgIpc) is 2.66. The number of rotatable bonds is 2. The molecule has 1 fully saturated rings. The Morgan fingerprint density at radius 1 is 1.62 bits per heavy atom. The maximum atomic E-state index is 11.9. The number of nitrogens with one attached hydrogen (secondary N) is 1. The van der Waals surface area contributed by atoms with Crippen LogP contribution in [0.4, 0.5) is 9.59 Å². The van der Waals surface area contributed by atoms with E-state index in [-0.39, 0.29) is 0 Å². The Bertz CT molecular complexity index is 351. The SMILES string of the molecule is CON1SNC(=O)N(C2(C)CC=CO2)C1=O. The van der Waals surface area contributed by atoms with Crippen LogP contribution >= 0.6 is 12.1 Å². The van der Waals surface area contributed by atoms with E-state index < -0.39 is 17.8 Å². The van der Waals surface area contributed by atoms with E-state index >= 15 is 0 Å². The molecule has 1 saturated heterocycles. The van der Waals surface area contributed by atoms with Gasteiger partial charge < -0.3 is 4.74 Å². The van der Waals surface area contributed by atoms with Gasteiger partial charge in [0, 0.05) is 6.42 Å². The maximum absolute atomic E-state index is 11.9. The van der Waals surface area contributed by atoms with Crippen molar-refractivity contribution in [3.05, 3.63) is 12.3 Å². The van der Waals surface area contributed by atoms with Crippen LogP contribution in [0.25, 0.3) is 0 Å². The number of hydroxylamine groups is 1. The lowest BCUT2D eigenvalue weighted by Gasteiger charge is -2.39. The molecule has 2 heterocycles. The van der Waals surface area contributed by atoms with Crippen LogP contribution in [0.15, 0.2) is 12.3 Å². The van der Waals surface area contributed by atoms with Crippen LogP contribution in [0.3, 0.4) is 0 Å². The lowest BCUT2D eigenvalue weighted by atomic mass is 10.1. The maximum Gasteiger partial charge on any atom is 0.367 e. The zero-order chi connectivity index (χ0) is 11.8. The van der Waals surface area contributed by atoms with Crippen molar-refractivity contribution in [2.24, 2.45) is 0 Å². The molecule has 1 N–H and O–H groups in total. The van der Waals surface area contributed by atoms with Crippen molar-refractivity contribution >= 4 is 24.2 Å². The summed E-state index contributed by atoms with van der Waals surface area (Å²) < 4.78 is 8.69. The number of ether oxygens (including phenoxy) is 1. The second-order valence-corrected chi connectivity index (χ2v) is 4.14. The summed E-state index contributed by atoms with van der Waals surface area (Å²) in [6.07, 6.45) is 3.67. The van der Waals surface area contributed by atoms with Gasteiger partial charge in [-0.3, -0.25) is 9.56 Å². The molecule has 16 heavy (non-hydrogen) atoms. The van der Waals surface area contributed by atoms with Crippen LogP contribution in [0.5, 0.6) is 0 Å². The third kappa shape index (κ3) is 1.59. The fourth-order valence-corrected chi connectivity index (χ4v) is 2.01. The molecule has 0 aromatic carbocycles. The zero-order valence-electron chi connectivity index (χ0n) is 8.80. The molecule has 4 amide bonds. The standard InChI is InChI=1S/C8H11N3O4S/c1-8(4-3-5-15-8)10-6(12)9-16-11(14-2)7(10)13/h3,5H,4H2,1-2H3,(H,9,12). The summed E-state index contributed by atoms with van der Waals surface area (Å²) in [6.45, 7) is 1.66. The van der Waals surface area contributed by atoms with Gasteiger partial charge in [0.25, 0.3) is 0 Å². The quantitative estimate of drug-likeness (QED) is 0.740. The number of carbonyl (C=O) groups is 2. The average molecular weight is 245 g/mol. The van der Waals surface area contributed by atoms with Crippen LogP contribution in [0, 0.1) is 0 Å². The molecule has 0 aliphatic carbocycles. The molecule has 0 aromatic heterocycles. The second kappa shape index (κ2) is 3.87. The Hall–Kier alpha value is -1.41. The molecule has 0 bridgehead atoms. The number of carbonyl (C=O) groups excluding carboxylic acids is 2. The van der Waals surface area contributed by atoms with Crippen molar-refractivity contribution in [3.63, 3.8) is 0 Å². The first kappa shape index (κ1) is 11.1. The molecule has 0 saturated carbocycles. The van der Waals surface area contributed by atoms with Gasteiger partial charge in [0.2, 0.25) is 0 Å². The summed E-state index contributed by atoms with van der Waals surface area (Å²) in [6, 6.07) is -1.09. The number of hydrogen-bond donors (Lipinski definition) is 1. The van der Waals surface area contributed by atoms with Crippen LogP contribution in [-0.4, -0.2) is 34.3 Å². The van der Waals surface area contributed by atoms with Crippen LogP contribution in [-0.2, 0) is 9.57 Å². The van der Waals surface area contributed by atoms with Crippen molar-refractivity contribution in [1.82, 2.24) is 14.1 Å². The predicted octanol–water partition coefficient (Wildman–Crippen LogP) is 1.21. The topological polar surface area (TPSA) is 71.1 Å². The molecule has 0 radical (unpaired) electrons. The van der Waals surface area contributed by atoms with Crippen molar-refractivity contribution < 1.29 is 19.2 Å². The molecule has 8 heteroatoms. The van der Waals surface area contributed by atoms with Gasteiger partial charge in [-0.05, 0) is 13.0 Å². The zero-order valence-corrected chi connectivity index (χ0v) is 9.61. The Labute approximate surface area is 96.6 Å². The molecule has 7 nitrogen and oxygen atoms in total. The molecule has 0 aromatic rings. The number of hydrogen-bond acceptors (Lipinski definition) is 5. The van der Waals surface area contributed by atoms with E-state index in [0.717, 1.165) is 21.5 Å². The number of urea groups is 2. The fourth-order valence-electron chi connectivity index (χ4n) is 1.52. The Balaban J connectivity index is 2.23. The first-order valence-corrected chi connectivity index (χ1v) is 5.34. The molecule has 2 aliphatic heterocycles. The third-order valence-electron chi connectivity index (χ3n) is 2.32. The van der Waals surface area contributed by atoms with E-state index in [9.17, 15) is 9.59 Å². The van der Waals surface area contributed by atoms with Crippen molar-refractivity contribution in [1.29, 1.82) is 0 Å². The van der Waals surface area contributed by atoms with E-state index in [4.69, 9.17) is 9.57 Å². The molecular weight excluding hydrogens is 234 g/mol. The highest BCUT2D eigenvalue weighted by Gasteiger charge is 2.47. The number of nitrogens with zero attached hydrogens (tertiary/aromatic N) is 2. The second-order valence-electron chi connectivity index (χ2n) is 3.42. The first-order valence-electron chi connectivity index (χ1n) is 4.57. The predicted molar refractivity (Wildman–Crippen MR) is 55.5 cm³/mol. The summed E-state index contributed by atoms with van der Waals surface area (Å²) in [5.41, 5.74) is -0.987. The monoisotopic (exact) mass is 245 g/mol. The van der Waals surface area contributed by atoms with Gasteiger partial charge in [-0.15, -0.1) is 4.47 Å². The van der Waals surface area contributed by atoms with E-state index in [2.05, 4.69) is 4.72 Å². The Kier molecular flexibility index (Phi) is 2.68. The highest BCUT2D eigenvalue weighted by atomic mass is 32.2. The Morgan fingerprint density at radius 2 is 2.38 bits per heavy atom. The summed E-state index contributed by atoms with van der Waals surface area (Å²) in [7, 11) is 1.34. The fraction of sp³-hybridized carbons (Fsp3) is 0.500. The normalized spacial score (nSPS) is 29.4.